The fraction of sp³-hybridized carbons (Fsp3) is 0. The van der Waals surface area contributed by atoms with Crippen LogP contribution >= 0.6 is 0 Å². The minimum absolute atomic E-state index is 0.168. The molecule has 0 unspecified atom stereocenters. The van der Waals surface area contributed by atoms with E-state index in [0.717, 1.165) is 0 Å². The molecule has 5 nitrogen and oxygen atoms in total. The SMILES string of the molecule is O=S(=O)(F)Oc1cccc(Oc2cccnc2)c1. The molecule has 7 heteroatoms. The Morgan fingerprint density at radius 3 is 2.44 bits per heavy atom. The predicted molar refractivity (Wildman–Crippen MR) is 61.4 cm³/mol. The summed E-state index contributed by atoms with van der Waals surface area (Å²) in [5, 5.41) is 0. The summed E-state index contributed by atoms with van der Waals surface area (Å²) >= 11 is 0. The zero-order valence-electron chi connectivity index (χ0n) is 8.99. The monoisotopic (exact) mass is 269 g/mol. The van der Waals surface area contributed by atoms with Crippen molar-refractivity contribution >= 4 is 10.5 Å². The number of ether oxygens (including phenoxy) is 1. The highest BCUT2D eigenvalue weighted by molar-refractivity contribution is 7.81. The highest BCUT2D eigenvalue weighted by atomic mass is 32.3. The summed E-state index contributed by atoms with van der Waals surface area (Å²) < 4.78 is 42.5. The van der Waals surface area contributed by atoms with Gasteiger partial charge in [-0.2, -0.15) is 8.42 Å². The predicted octanol–water partition coefficient (Wildman–Crippen LogP) is 2.47. The molecular formula is C11H8FNO4S. The Labute approximate surface area is 103 Å². The summed E-state index contributed by atoms with van der Waals surface area (Å²) in [6.07, 6.45) is 3.07. The Hall–Kier alpha value is -2.15. The maximum Gasteiger partial charge on any atom is 0.488 e. The molecule has 0 N–H and O–H groups in total. The molecule has 0 saturated heterocycles. The van der Waals surface area contributed by atoms with Gasteiger partial charge in [0.25, 0.3) is 0 Å². The van der Waals surface area contributed by atoms with Gasteiger partial charge < -0.3 is 8.92 Å². The number of halogens is 1. The van der Waals surface area contributed by atoms with Crippen LogP contribution in [-0.4, -0.2) is 13.4 Å². The van der Waals surface area contributed by atoms with Crippen LogP contribution in [0.2, 0.25) is 0 Å². The second kappa shape index (κ2) is 5.01. The highest BCUT2D eigenvalue weighted by Crippen LogP contribution is 2.25. The van der Waals surface area contributed by atoms with Crippen molar-refractivity contribution in [3.63, 3.8) is 0 Å². The van der Waals surface area contributed by atoms with Gasteiger partial charge in [-0.05, 0) is 24.3 Å². The fourth-order valence-electron chi connectivity index (χ4n) is 1.25. The Bertz CT molecular complexity index is 631. The Morgan fingerprint density at radius 1 is 1.06 bits per heavy atom. The number of hydrogen-bond acceptors (Lipinski definition) is 5. The number of aromatic nitrogens is 1. The molecule has 0 radical (unpaired) electrons. The van der Waals surface area contributed by atoms with Crippen LogP contribution in [-0.2, 0) is 10.5 Å². The van der Waals surface area contributed by atoms with Gasteiger partial charge in [0.1, 0.15) is 17.2 Å². The summed E-state index contributed by atoms with van der Waals surface area (Å²) in [6, 6.07) is 8.96. The minimum atomic E-state index is -5.03. The summed E-state index contributed by atoms with van der Waals surface area (Å²) in [5.74, 6) is 0.612. The van der Waals surface area contributed by atoms with E-state index in [4.69, 9.17) is 4.74 Å². The van der Waals surface area contributed by atoms with Crippen LogP contribution in [0, 0.1) is 0 Å². The summed E-state index contributed by atoms with van der Waals surface area (Å²) in [6.45, 7) is 0. The fourth-order valence-corrected chi connectivity index (χ4v) is 1.58. The molecule has 1 aromatic carbocycles. The van der Waals surface area contributed by atoms with Gasteiger partial charge in [-0.1, -0.05) is 9.95 Å². The van der Waals surface area contributed by atoms with Crippen molar-refractivity contribution in [2.24, 2.45) is 0 Å². The zero-order valence-corrected chi connectivity index (χ0v) is 9.80. The first-order chi connectivity index (χ1) is 8.53. The highest BCUT2D eigenvalue weighted by Gasteiger charge is 2.10. The molecule has 0 saturated carbocycles. The third-order valence-electron chi connectivity index (χ3n) is 1.87. The van der Waals surface area contributed by atoms with Crippen LogP contribution in [0.5, 0.6) is 17.2 Å². The van der Waals surface area contributed by atoms with Crippen LogP contribution in [0.15, 0.2) is 48.8 Å². The number of benzene rings is 1. The van der Waals surface area contributed by atoms with Crippen LogP contribution in [0.3, 0.4) is 0 Å². The molecule has 0 bridgehead atoms. The van der Waals surface area contributed by atoms with Gasteiger partial charge in [0.05, 0.1) is 6.20 Å². The van der Waals surface area contributed by atoms with E-state index in [1.165, 1.54) is 24.4 Å². The van der Waals surface area contributed by atoms with E-state index in [2.05, 4.69) is 9.17 Å². The van der Waals surface area contributed by atoms with Crippen molar-refractivity contribution < 1.29 is 21.2 Å². The first-order valence-electron chi connectivity index (χ1n) is 4.85. The molecule has 94 valence electrons. The molecule has 0 amide bonds. The average molecular weight is 269 g/mol. The lowest BCUT2D eigenvalue weighted by molar-refractivity contribution is 0.436. The van der Waals surface area contributed by atoms with Crippen molar-refractivity contribution in [3.8, 4) is 17.2 Å². The zero-order chi connectivity index (χ0) is 13.0. The molecule has 2 rings (SSSR count). The number of nitrogens with zero attached hydrogens (tertiary/aromatic N) is 1. The lowest BCUT2D eigenvalue weighted by Gasteiger charge is -2.06. The molecule has 0 atom stereocenters. The van der Waals surface area contributed by atoms with Crippen LogP contribution < -0.4 is 8.92 Å². The van der Waals surface area contributed by atoms with Gasteiger partial charge >= 0.3 is 10.5 Å². The van der Waals surface area contributed by atoms with Crippen molar-refractivity contribution in [1.29, 1.82) is 0 Å². The van der Waals surface area contributed by atoms with Crippen LogP contribution in [0.1, 0.15) is 0 Å². The van der Waals surface area contributed by atoms with Gasteiger partial charge in [0.15, 0.2) is 0 Å². The van der Waals surface area contributed by atoms with E-state index in [1.807, 2.05) is 0 Å². The number of pyridine rings is 1. The second-order valence-corrected chi connectivity index (χ2v) is 4.19. The Morgan fingerprint density at radius 2 is 1.78 bits per heavy atom. The molecule has 0 aliphatic carbocycles. The second-order valence-electron chi connectivity index (χ2n) is 3.24. The molecular weight excluding hydrogens is 261 g/mol. The van der Waals surface area contributed by atoms with E-state index >= 15 is 0 Å². The van der Waals surface area contributed by atoms with Gasteiger partial charge in [-0.3, -0.25) is 4.98 Å². The Balaban J connectivity index is 2.18. The molecule has 18 heavy (non-hydrogen) atoms. The number of hydrogen-bond donors (Lipinski definition) is 0. The maximum atomic E-state index is 12.3. The normalized spacial score (nSPS) is 10.9. The minimum Gasteiger partial charge on any atom is -0.456 e. The topological polar surface area (TPSA) is 65.5 Å². The van der Waals surface area contributed by atoms with E-state index in [1.54, 1.807) is 24.4 Å². The van der Waals surface area contributed by atoms with E-state index in [9.17, 15) is 12.3 Å². The molecule has 0 aliphatic rings. The summed E-state index contributed by atoms with van der Waals surface area (Å²) in [7, 11) is -5.03. The molecule has 0 fully saturated rings. The molecule has 0 aliphatic heterocycles. The summed E-state index contributed by atoms with van der Waals surface area (Å²) in [5.41, 5.74) is 0. The molecule has 1 aromatic heterocycles. The van der Waals surface area contributed by atoms with Crippen molar-refractivity contribution in [3.05, 3.63) is 48.8 Å². The van der Waals surface area contributed by atoms with Crippen molar-refractivity contribution in [2.75, 3.05) is 0 Å². The first kappa shape index (κ1) is 12.3. The third kappa shape index (κ3) is 3.70. The quantitative estimate of drug-likeness (QED) is 0.798. The summed E-state index contributed by atoms with van der Waals surface area (Å²) in [4.78, 5) is 3.85. The molecule has 2 aromatic rings. The standard InChI is InChI=1S/C11H8FNO4S/c12-18(14,15)17-10-4-1-3-9(7-10)16-11-5-2-6-13-8-11/h1-8H. The third-order valence-corrected chi connectivity index (χ3v) is 2.26. The molecule has 1 heterocycles. The first-order valence-corrected chi connectivity index (χ1v) is 6.16. The average Bonchev–Trinajstić information content (AvgIpc) is 2.28. The van der Waals surface area contributed by atoms with Gasteiger partial charge in [0.2, 0.25) is 0 Å². The van der Waals surface area contributed by atoms with Crippen LogP contribution in [0.25, 0.3) is 0 Å². The molecule has 0 spiro atoms. The van der Waals surface area contributed by atoms with Gasteiger partial charge in [-0.15, -0.1) is 0 Å². The maximum absolute atomic E-state index is 12.3. The van der Waals surface area contributed by atoms with E-state index < -0.39 is 10.5 Å². The van der Waals surface area contributed by atoms with E-state index in [-0.39, 0.29) is 5.75 Å². The Kier molecular flexibility index (Phi) is 3.42. The van der Waals surface area contributed by atoms with Gasteiger partial charge in [0, 0.05) is 12.3 Å². The van der Waals surface area contributed by atoms with Gasteiger partial charge in [-0.25, -0.2) is 0 Å². The smallest absolute Gasteiger partial charge is 0.456 e. The van der Waals surface area contributed by atoms with Crippen LogP contribution in [0.4, 0.5) is 3.89 Å². The van der Waals surface area contributed by atoms with Crippen molar-refractivity contribution in [2.45, 2.75) is 0 Å². The number of rotatable bonds is 4. The largest absolute Gasteiger partial charge is 0.488 e. The van der Waals surface area contributed by atoms with E-state index in [0.29, 0.717) is 11.5 Å². The van der Waals surface area contributed by atoms with Crippen molar-refractivity contribution in [1.82, 2.24) is 4.98 Å². The lowest BCUT2D eigenvalue weighted by atomic mass is 10.3. The lowest BCUT2D eigenvalue weighted by Crippen LogP contribution is -2.01.